The molecular formula is C16H21N3O. The van der Waals surface area contributed by atoms with Crippen LogP contribution in [0, 0.1) is 0 Å². The maximum atomic E-state index is 11.9. The molecule has 4 heteroatoms. The van der Waals surface area contributed by atoms with E-state index in [1.165, 1.54) is 16.5 Å². The number of nitrogens with zero attached hydrogens (tertiary/aromatic N) is 1. The summed E-state index contributed by atoms with van der Waals surface area (Å²) in [4.78, 5) is 17.1. The van der Waals surface area contributed by atoms with E-state index in [1.807, 2.05) is 11.0 Å². The molecule has 0 spiro atoms. The summed E-state index contributed by atoms with van der Waals surface area (Å²) in [5.74, 6) is 0.602. The molecule has 0 aliphatic carbocycles. The molecule has 1 fully saturated rings. The number of fused-ring (bicyclic) bond motifs is 1. The minimum absolute atomic E-state index is 0.0716. The van der Waals surface area contributed by atoms with Gasteiger partial charge in [-0.2, -0.15) is 0 Å². The lowest BCUT2D eigenvalue weighted by atomic mass is 9.89. The molecule has 3 rings (SSSR count). The molecule has 1 amide bonds. The fourth-order valence-corrected chi connectivity index (χ4v) is 3.13. The van der Waals surface area contributed by atoms with Crippen molar-refractivity contribution in [2.24, 2.45) is 5.73 Å². The Morgan fingerprint density at radius 1 is 1.35 bits per heavy atom. The fourth-order valence-electron chi connectivity index (χ4n) is 3.13. The minimum Gasteiger partial charge on any atom is -0.361 e. The van der Waals surface area contributed by atoms with E-state index in [-0.39, 0.29) is 11.9 Å². The number of amides is 1. The average molecular weight is 271 g/mol. The highest BCUT2D eigenvalue weighted by atomic mass is 16.2. The molecule has 106 valence electrons. The average Bonchev–Trinajstić information content (AvgIpc) is 2.90. The molecule has 1 aromatic heterocycles. The van der Waals surface area contributed by atoms with Crippen molar-refractivity contribution in [3.63, 3.8) is 0 Å². The van der Waals surface area contributed by atoms with Gasteiger partial charge in [-0.3, -0.25) is 4.79 Å². The number of H-pyrrole nitrogens is 1. The second-order valence-corrected chi connectivity index (χ2v) is 5.68. The number of carbonyl (C=O) groups excluding carboxylic acids is 1. The number of benzene rings is 1. The van der Waals surface area contributed by atoms with E-state index in [2.05, 4.69) is 29.4 Å². The standard InChI is InChI=1S/C16H21N3O/c1-11(17)16(20)19-8-6-12(7-9-19)14-10-18-15-5-3-2-4-13(14)15/h2-5,10-12,18H,6-9,17H2,1H3. The summed E-state index contributed by atoms with van der Waals surface area (Å²) in [6, 6.07) is 8.01. The van der Waals surface area contributed by atoms with Crippen LogP contribution in [0.2, 0.25) is 0 Å². The monoisotopic (exact) mass is 271 g/mol. The van der Waals surface area contributed by atoms with Crippen molar-refractivity contribution in [1.29, 1.82) is 0 Å². The molecule has 1 aromatic carbocycles. The number of hydrogen-bond donors (Lipinski definition) is 2. The van der Waals surface area contributed by atoms with Crippen LogP contribution in [0.1, 0.15) is 31.2 Å². The fraction of sp³-hybridized carbons (Fsp3) is 0.438. The van der Waals surface area contributed by atoms with Crippen LogP contribution in [0.5, 0.6) is 0 Å². The molecule has 1 saturated heterocycles. The number of aromatic amines is 1. The molecule has 2 heterocycles. The molecule has 0 radical (unpaired) electrons. The number of carbonyl (C=O) groups is 1. The summed E-state index contributed by atoms with van der Waals surface area (Å²) >= 11 is 0. The summed E-state index contributed by atoms with van der Waals surface area (Å²) in [7, 11) is 0. The Balaban J connectivity index is 1.74. The highest BCUT2D eigenvalue weighted by molar-refractivity contribution is 5.84. The zero-order valence-electron chi connectivity index (χ0n) is 11.8. The molecule has 4 nitrogen and oxygen atoms in total. The SMILES string of the molecule is CC(N)C(=O)N1CCC(c2c[nH]c3ccccc23)CC1. The number of piperidine rings is 1. The first-order chi connectivity index (χ1) is 9.66. The number of rotatable bonds is 2. The van der Waals surface area contributed by atoms with Crippen LogP contribution >= 0.6 is 0 Å². The van der Waals surface area contributed by atoms with Crippen molar-refractivity contribution in [2.75, 3.05) is 13.1 Å². The molecule has 1 atom stereocenters. The van der Waals surface area contributed by atoms with Gasteiger partial charge in [0, 0.05) is 30.2 Å². The number of aromatic nitrogens is 1. The molecule has 1 aliphatic heterocycles. The lowest BCUT2D eigenvalue weighted by molar-refractivity contribution is -0.133. The largest absolute Gasteiger partial charge is 0.361 e. The predicted octanol–water partition coefficient (Wildman–Crippen LogP) is 2.22. The molecule has 1 unspecified atom stereocenters. The van der Waals surface area contributed by atoms with E-state index in [4.69, 9.17) is 5.73 Å². The van der Waals surface area contributed by atoms with E-state index in [0.717, 1.165) is 25.9 Å². The van der Waals surface area contributed by atoms with Crippen LogP contribution in [0.3, 0.4) is 0 Å². The summed E-state index contributed by atoms with van der Waals surface area (Å²) in [5, 5.41) is 1.31. The zero-order chi connectivity index (χ0) is 14.1. The van der Waals surface area contributed by atoms with Crippen LogP contribution in [0.4, 0.5) is 0 Å². The van der Waals surface area contributed by atoms with Crippen LogP contribution in [0.15, 0.2) is 30.5 Å². The lowest BCUT2D eigenvalue weighted by Crippen LogP contribution is -2.45. The summed E-state index contributed by atoms with van der Waals surface area (Å²) in [5.41, 5.74) is 8.25. The smallest absolute Gasteiger partial charge is 0.239 e. The van der Waals surface area contributed by atoms with Gasteiger partial charge in [-0.1, -0.05) is 18.2 Å². The third kappa shape index (κ3) is 2.31. The Morgan fingerprint density at radius 2 is 2.05 bits per heavy atom. The zero-order valence-corrected chi connectivity index (χ0v) is 11.8. The van der Waals surface area contributed by atoms with Crippen LogP contribution in [0.25, 0.3) is 10.9 Å². The first-order valence-electron chi connectivity index (χ1n) is 7.27. The van der Waals surface area contributed by atoms with Crippen molar-refractivity contribution in [3.05, 3.63) is 36.0 Å². The first-order valence-corrected chi connectivity index (χ1v) is 7.27. The number of hydrogen-bond acceptors (Lipinski definition) is 2. The Morgan fingerprint density at radius 3 is 2.75 bits per heavy atom. The first kappa shape index (κ1) is 13.2. The van der Waals surface area contributed by atoms with Gasteiger partial charge in [-0.15, -0.1) is 0 Å². The van der Waals surface area contributed by atoms with Gasteiger partial charge in [0.15, 0.2) is 0 Å². The maximum Gasteiger partial charge on any atom is 0.239 e. The van der Waals surface area contributed by atoms with Gasteiger partial charge in [-0.25, -0.2) is 0 Å². The minimum atomic E-state index is -0.389. The predicted molar refractivity (Wildman–Crippen MR) is 80.5 cm³/mol. The van der Waals surface area contributed by atoms with Gasteiger partial charge in [0.25, 0.3) is 0 Å². The summed E-state index contributed by atoms with van der Waals surface area (Å²) in [6.07, 6.45) is 4.15. The van der Waals surface area contributed by atoms with Crippen LogP contribution in [-0.4, -0.2) is 34.9 Å². The Hall–Kier alpha value is -1.81. The Kier molecular flexibility index (Phi) is 3.49. The van der Waals surface area contributed by atoms with Gasteiger partial charge < -0.3 is 15.6 Å². The van der Waals surface area contributed by atoms with Crippen molar-refractivity contribution < 1.29 is 4.79 Å². The van der Waals surface area contributed by atoms with Crippen LogP contribution < -0.4 is 5.73 Å². The van der Waals surface area contributed by atoms with Gasteiger partial charge in [0.1, 0.15) is 0 Å². The molecule has 0 saturated carbocycles. The van der Waals surface area contributed by atoms with E-state index >= 15 is 0 Å². The molecule has 3 N–H and O–H groups in total. The summed E-state index contributed by atoms with van der Waals surface area (Å²) < 4.78 is 0. The van der Waals surface area contributed by atoms with Crippen molar-refractivity contribution >= 4 is 16.8 Å². The number of para-hydroxylation sites is 1. The summed E-state index contributed by atoms with van der Waals surface area (Å²) in [6.45, 7) is 3.38. The van der Waals surface area contributed by atoms with Crippen molar-refractivity contribution in [3.8, 4) is 0 Å². The van der Waals surface area contributed by atoms with Gasteiger partial charge in [0.05, 0.1) is 6.04 Å². The highest BCUT2D eigenvalue weighted by Crippen LogP contribution is 2.33. The highest BCUT2D eigenvalue weighted by Gasteiger charge is 2.26. The number of nitrogens with two attached hydrogens (primary N) is 1. The van der Waals surface area contributed by atoms with E-state index in [0.29, 0.717) is 5.92 Å². The topological polar surface area (TPSA) is 62.1 Å². The quantitative estimate of drug-likeness (QED) is 0.879. The second kappa shape index (κ2) is 5.29. The normalized spacial score (nSPS) is 18.4. The second-order valence-electron chi connectivity index (χ2n) is 5.68. The molecule has 2 aromatic rings. The van der Waals surface area contributed by atoms with Crippen molar-refractivity contribution in [2.45, 2.75) is 31.7 Å². The molecular weight excluding hydrogens is 250 g/mol. The molecule has 20 heavy (non-hydrogen) atoms. The van der Waals surface area contributed by atoms with E-state index in [1.54, 1.807) is 6.92 Å². The number of nitrogens with one attached hydrogen (secondary N) is 1. The van der Waals surface area contributed by atoms with E-state index < -0.39 is 0 Å². The van der Waals surface area contributed by atoms with Crippen molar-refractivity contribution in [1.82, 2.24) is 9.88 Å². The maximum absolute atomic E-state index is 11.9. The van der Waals surface area contributed by atoms with Gasteiger partial charge in [-0.05, 0) is 37.3 Å². The Bertz CT molecular complexity index is 609. The Labute approximate surface area is 118 Å². The third-order valence-corrected chi connectivity index (χ3v) is 4.26. The lowest BCUT2D eigenvalue weighted by Gasteiger charge is -2.33. The van der Waals surface area contributed by atoms with E-state index in [9.17, 15) is 4.79 Å². The van der Waals surface area contributed by atoms with Gasteiger partial charge >= 0.3 is 0 Å². The third-order valence-electron chi connectivity index (χ3n) is 4.26. The van der Waals surface area contributed by atoms with Crippen LogP contribution in [-0.2, 0) is 4.79 Å². The van der Waals surface area contributed by atoms with Gasteiger partial charge in [0.2, 0.25) is 5.91 Å². The molecule has 0 bridgehead atoms. The molecule has 1 aliphatic rings. The number of likely N-dealkylation sites (tertiary alicyclic amines) is 1.